The molecular weight excluding hydrogens is 186 g/mol. The predicted molar refractivity (Wildman–Crippen MR) is 60.9 cm³/mol. The number of benzene rings is 2. The summed E-state index contributed by atoms with van der Waals surface area (Å²) in [5, 5.41) is 12.2. The van der Waals surface area contributed by atoms with Crippen molar-refractivity contribution >= 4 is 11.4 Å². The second-order valence-electron chi connectivity index (χ2n) is 3.27. The van der Waals surface area contributed by atoms with Gasteiger partial charge in [0.2, 0.25) is 0 Å². The number of rotatable bonds is 3. The summed E-state index contributed by atoms with van der Waals surface area (Å²) in [5.41, 5.74) is 2.90. The molecule has 0 bridgehead atoms. The first-order valence-corrected chi connectivity index (χ1v) is 4.81. The highest BCUT2D eigenvalue weighted by Gasteiger charge is 1.95. The normalized spacial score (nSPS) is 9.93. The summed E-state index contributed by atoms with van der Waals surface area (Å²) in [7, 11) is 0. The van der Waals surface area contributed by atoms with Gasteiger partial charge in [0.05, 0.1) is 6.61 Å². The van der Waals surface area contributed by atoms with Crippen molar-refractivity contribution in [1.29, 1.82) is 0 Å². The minimum atomic E-state index is 0.0675. The van der Waals surface area contributed by atoms with Gasteiger partial charge in [-0.25, -0.2) is 0 Å². The Morgan fingerprint density at radius 3 is 2.60 bits per heavy atom. The summed E-state index contributed by atoms with van der Waals surface area (Å²) in [5.74, 6) is 0. The Labute approximate surface area is 89.2 Å². The SMILES string of the molecule is OCc1cccc(Nc2cc[c]cc2)c1. The van der Waals surface area contributed by atoms with Crippen molar-refractivity contribution in [2.45, 2.75) is 6.61 Å². The van der Waals surface area contributed by atoms with Crippen LogP contribution in [0.25, 0.3) is 0 Å². The Balaban J connectivity index is 2.17. The topological polar surface area (TPSA) is 32.3 Å². The molecule has 0 saturated heterocycles. The zero-order valence-electron chi connectivity index (χ0n) is 8.27. The molecule has 2 N–H and O–H groups in total. The summed E-state index contributed by atoms with van der Waals surface area (Å²) in [4.78, 5) is 0. The lowest BCUT2D eigenvalue weighted by Gasteiger charge is -2.06. The largest absolute Gasteiger partial charge is 0.392 e. The second kappa shape index (κ2) is 4.62. The van der Waals surface area contributed by atoms with Crippen molar-refractivity contribution in [3.63, 3.8) is 0 Å². The molecule has 1 radical (unpaired) electrons. The Morgan fingerprint density at radius 1 is 1.07 bits per heavy atom. The summed E-state index contributed by atoms with van der Waals surface area (Å²) in [6.45, 7) is 0.0675. The lowest BCUT2D eigenvalue weighted by Crippen LogP contribution is -1.91. The third-order valence-corrected chi connectivity index (χ3v) is 2.12. The Bertz CT molecular complexity index is 426. The van der Waals surface area contributed by atoms with Crippen LogP contribution in [0.2, 0.25) is 0 Å². The van der Waals surface area contributed by atoms with Crippen LogP contribution in [0.5, 0.6) is 0 Å². The summed E-state index contributed by atoms with van der Waals surface area (Å²) in [6, 6.07) is 18.3. The van der Waals surface area contributed by atoms with Gasteiger partial charge in [0.15, 0.2) is 0 Å². The number of hydrogen-bond acceptors (Lipinski definition) is 2. The van der Waals surface area contributed by atoms with E-state index in [9.17, 15) is 0 Å². The molecule has 0 aliphatic heterocycles. The maximum absolute atomic E-state index is 9.00. The summed E-state index contributed by atoms with van der Waals surface area (Å²) >= 11 is 0. The maximum atomic E-state index is 9.00. The molecule has 2 rings (SSSR count). The van der Waals surface area contributed by atoms with Gasteiger partial charge in [0.25, 0.3) is 0 Å². The first kappa shape index (κ1) is 9.74. The van der Waals surface area contributed by atoms with Crippen molar-refractivity contribution in [2.75, 3.05) is 5.32 Å². The smallest absolute Gasteiger partial charge is 0.0682 e. The highest BCUT2D eigenvalue weighted by molar-refractivity contribution is 5.59. The van der Waals surface area contributed by atoms with Gasteiger partial charge in [-0.3, -0.25) is 0 Å². The average Bonchev–Trinajstić information content (AvgIpc) is 2.31. The number of hydrogen-bond donors (Lipinski definition) is 2. The minimum absolute atomic E-state index is 0.0675. The third kappa shape index (κ3) is 2.58. The van der Waals surface area contributed by atoms with Gasteiger partial charge in [-0.15, -0.1) is 0 Å². The third-order valence-electron chi connectivity index (χ3n) is 2.12. The van der Waals surface area contributed by atoms with E-state index in [0.29, 0.717) is 0 Å². The maximum Gasteiger partial charge on any atom is 0.0682 e. The Kier molecular flexibility index (Phi) is 3.00. The zero-order valence-corrected chi connectivity index (χ0v) is 8.27. The molecule has 2 nitrogen and oxygen atoms in total. The van der Waals surface area contributed by atoms with E-state index in [1.165, 1.54) is 0 Å². The minimum Gasteiger partial charge on any atom is -0.392 e. The first-order chi connectivity index (χ1) is 7.38. The summed E-state index contributed by atoms with van der Waals surface area (Å²) < 4.78 is 0. The molecule has 75 valence electrons. The van der Waals surface area contributed by atoms with Gasteiger partial charge in [-0.05, 0) is 35.9 Å². The number of aliphatic hydroxyl groups excluding tert-OH is 1. The van der Waals surface area contributed by atoms with E-state index in [-0.39, 0.29) is 6.61 Å². The van der Waals surface area contributed by atoms with Gasteiger partial charge in [-0.2, -0.15) is 0 Å². The average molecular weight is 198 g/mol. The molecule has 0 aromatic heterocycles. The van der Waals surface area contributed by atoms with Crippen LogP contribution in [-0.4, -0.2) is 5.11 Å². The lowest BCUT2D eigenvalue weighted by atomic mass is 10.2. The molecule has 2 aromatic carbocycles. The van der Waals surface area contributed by atoms with Gasteiger partial charge < -0.3 is 10.4 Å². The molecule has 0 saturated carbocycles. The van der Waals surface area contributed by atoms with Gasteiger partial charge in [0.1, 0.15) is 0 Å². The van der Waals surface area contributed by atoms with E-state index < -0.39 is 0 Å². The highest BCUT2D eigenvalue weighted by atomic mass is 16.3. The fourth-order valence-electron chi connectivity index (χ4n) is 1.38. The van der Waals surface area contributed by atoms with E-state index in [1.807, 2.05) is 48.5 Å². The van der Waals surface area contributed by atoms with Crippen molar-refractivity contribution < 1.29 is 5.11 Å². The van der Waals surface area contributed by atoms with Crippen molar-refractivity contribution in [1.82, 2.24) is 0 Å². The molecule has 0 amide bonds. The molecule has 2 aromatic rings. The fourth-order valence-corrected chi connectivity index (χ4v) is 1.38. The van der Waals surface area contributed by atoms with Crippen LogP contribution in [0.4, 0.5) is 11.4 Å². The monoisotopic (exact) mass is 198 g/mol. The zero-order chi connectivity index (χ0) is 10.5. The molecule has 2 heteroatoms. The van der Waals surface area contributed by atoms with Crippen LogP contribution >= 0.6 is 0 Å². The molecule has 0 spiro atoms. The predicted octanol–water partition coefficient (Wildman–Crippen LogP) is 2.72. The Morgan fingerprint density at radius 2 is 1.87 bits per heavy atom. The Hall–Kier alpha value is -1.80. The molecule has 15 heavy (non-hydrogen) atoms. The molecule has 0 unspecified atom stereocenters. The number of aliphatic hydroxyl groups is 1. The molecule has 0 atom stereocenters. The van der Waals surface area contributed by atoms with Crippen molar-refractivity contribution in [3.8, 4) is 0 Å². The van der Waals surface area contributed by atoms with Crippen molar-refractivity contribution in [2.24, 2.45) is 0 Å². The number of anilines is 2. The van der Waals surface area contributed by atoms with Crippen LogP contribution in [-0.2, 0) is 6.61 Å². The lowest BCUT2D eigenvalue weighted by molar-refractivity contribution is 0.282. The van der Waals surface area contributed by atoms with Gasteiger partial charge in [-0.1, -0.05) is 24.3 Å². The van der Waals surface area contributed by atoms with E-state index in [1.54, 1.807) is 0 Å². The van der Waals surface area contributed by atoms with Crippen LogP contribution in [0.1, 0.15) is 5.56 Å². The molecular formula is C13H12NO. The second-order valence-corrected chi connectivity index (χ2v) is 3.27. The van der Waals surface area contributed by atoms with E-state index in [2.05, 4.69) is 11.4 Å². The number of nitrogens with one attached hydrogen (secondary N) is 1. The van der Waals surface area contributed by atoms with Crippen molar-refractivity contribution in [3.05, 3.63) is 60.2 Å². The molecule has 0 fully saturated rings. The summed E-state index contributed by atoms with van der Waals surface area (Å²) in [6.07, 6.45) is 0. The van der Waals surface area contributed by atoms with E-state index in [0.717, 1.165) is 16.9 Å². The van der Waals surface area contributed by atoms with Crippen LogP contribution in [0.3, 0.4) is 0 Å². The van der Waals surface area contributed by atoms with Gasteiger partial charge in [0, 0.05) is 11.4 Å². The fraction of sp³-hybridized carbons (Fsp3) is 0.0769. The highest BCUT2D eigenvalue weighted by Crippen LogP contribution is 2.16. The standard InChI is InChI=1S/C13H12NO/c15-10-11-5-4-8-13(9-11)14-12-6-2-1-3-7-12/h2-9,14-15H,10H2. The van der Waals surface area contributed by atoms with Crippen LogP contribution < -0.4 is 5.32 Å². The van der Waals surface area contributed by atoms with Crippen LogP contribution in [0.15, 0.2) is 48.5 Å². The molecule has 0 aliphatic rings. The van der Waals surface area contributed by atoms with E-state index >= 15 is 0 Å². The van der Waals surface area contributed by atoms with E-state index in [4.69, 9.17) is 5.11 Å². The van der Waals surface area contributed by atoms with Gasteiger partial charge >= 0.3 is 0 Å². The van der Waals surface area contributed by atoms with Crippen LogP contribution in [0, 0.1) is 6.07 Å². The molecule has 0 aliphatic carbocycles. The quantitative estimate of drug-likeness (QED) is 0.794. The molecule has 0 heterocycles. The first-order valence-electron chi connectivity index (χ1n) is 4.81.